The average molecular weight is 301 g/mol. The van der Waals surface area contributed by atoms with Crippen LogP contribution >= 0.6 is 11.8 Å². The van der Waals surface area contributed by atoms with Crippen LogP contribution in [-0.4, -0.2) is 60.8 Å². The van der Waals surface area contributed by atoms with Crippen LogP contribution < -0.4 is 5.32 Å². The first-order valence-electron chi connectivity index (χ1n) is 8.18. The summed E-state index contributed by atoms with van der Waals surface area (Å²) in [6.07, 6.45) is 2.52. The quantitative estimate of drug-likeness (QED) is 0.843. The molecule has 0 spiro atoms. The fraction of sp³-hybridized carbons (Fsp3) is 1.00. The van der Waals surface area contributed by atoms with Crippen LogP contribution in [0.5, 0.6) is 0 Å². The molecule has 3 unspecified atom stereocenters. The van der Waals surface area contributed by atoms with Gasteiger partial charge in [-0.3, -0.25) is 0 Å². The Morgan fingerprint density at radius 1 is 1.30 bits per heavy atom. The molecule has 2 aliphatic heterocycles. The largest absolute Gasteiger partial charge is 0.381 e. The fourth-order valence-corrected chi connectivity index (χ4v) is 4.93. The van der Waals surface area contributed by atoms with Crippen molar-refractivity contribution >= 4 is 11.8 Å². The molecule has 0 radical (unpaired) electrons. The van der Waals surface area contributed by atoms with Gasteiger partial charge >= 0.3 is 0 Å². The van der Waals surface area contributed by atoms with E-state index in [9.17, 15) is 0 Å². The van der Waals surface area contributed by atoms with Gasteiger partial charge in [-0.25, -0.2) is 0 Å². The summed E-state index contributed by atoms with van der Waals surface area (Å²) < 4.78 is 5.84. The standard InChI is InChI=1S/C16H32N2OS/c1-13(2)17-10-16(6-5-7-19-12-16)11-18-8-14(3)20-15(4)9-18/h13-15,17H,5-12H2,1-4H3. The first-order chi connectivity index (χ1) is 9.49. The van der Waals surface area contributed by atoms with Gasteiger partial charge in [0.15, 0.2) is 0 Å². The molecule has 3 atom stereocenters. The SMILES string of the molecule is CC(C)NCC1(CN2CC(C)SC(C)C2)CCCOC1. The molecule has 20 heavy (non-hydrogen) atoms. The third-order valence-corrected chi connectivity index (χ3v) is 5.57. The number of rotatable bonds is 5. The minimum absolute atomic E-state index is 0.323. The van der Waals surface area contributed by atoms with Gasteiger partial charge in [0.25, 0.3) is 0 Å². The Hall–Kier alpha value is 0.230. The second-order valence-corrected chi connectivity index (χ2v) is 9.02. The normalized spacial score (nSPS) is 36.5. The predicted molar refractivity (Wildman–Crippen MR) is 88.6 cm³/mol. The Bertz CT molecular complexity index is 282. The minimum Gasteiger partial charge on any atom is -0.381 e. The van der Waals surface area contributed by atoms with E-state index in [1.807, 2.05) is 0 Å². The van der Waals surface area contributed by atoms with Crippen molar-refractivity contribution in [2.75, 3.05) is 39.4 Å². The molecular formula is C16H32N2OS. The van der Waals surface area contributed by atoms with Crippen molar-refractivity contribution in [2.24, 2.45) is 5.41 Å². The summed E-state index contributed by atoms with van der Waals surface area (Å²) >= 11 is 2.14. The van der Waals surface area contributed by atoms with E-state index >= 15 is 0 Å². The topological polar surface area (TPSA) is 24.5 Å². The lowest BCUT2D eigenvalue weighted by atomic mass is 9.81. The van der Waals surface area contributed by atoms with Gasteiger partial charge in [0, 0.05) is 54.7 Å². The molecule has 0 saturated carbocycles. The lowest BCUT2D eigenvalue weighted by Crippen LogP contribution is -2.53. The van der Waals surface area contributed by atoms with Crippen LogP contribution in [0.25, 0.3) is 0 Å². The summed E-state index contributed by atoms with van der Waals surface area (Å²) in [5, 5.41) is 5.18. The molecule has 0 aliphatic carbocycles. The van der Waals surface area contributed by atoms with Crippen molar-refractivity contribution in [3.8, 4) is 0 Å². The average Bonchev–Trinajstić information content (AvgIpc) is 2.36. The summed E-state index contributed by atoms with van der Waals surface area (Å²) in [5.74, 6) is 0. The molecule has 4 heteroatoms. The Balaban J connectivity index is 1.95. The zero-order valence-corrected chi connectivity index (χ0v) is 14.5. The molecule has 2 fully saturated rings. The van der Waals surface area contributed by atoms with E-state index < -0.39 is 0 Å². The van der Waals surface area contributed by atoms with Gasteiger partial charge in [-0.1, -0.05) is 27.7 Å². The first-order valence-corrected chi connectivity index (χ1v) is 9.12. The summed E-state index contributed by atoms with van der Waals surface area (Å²) in [7, 11) is 0. The zero-order valence-electron chi connectivity index (χ0n) is 13.7. The Morgan fingerprint density at radius 3 is 2.55 bits per heavy atom. The molecule has 1 N–H and O–H groups in total. The fourth-order valence-electron chi connectivity index (χ4n) is 3.54. The lowest BCUT2D eigenvalue weighted by Gasteiger charge is -2.44. The van der Waals surface area contributed by atoms with E-state index in [2.05, 4.69) is 49.7 Å². The van der Waals surface area contributed by atoms with Crippen LogP contribution in [0.2, 0.25) is 0 Å². The number of ether oxygens (including phenoxy) is 1. The van der Waals surface area contributed by atoms with Gasteiger partial charge in [-0.15, -0.1) is 0 Å². The number of hydrogen-bond donors (Lipinski definition) is 1. The van der Waals surface area contributed by atoms with Gasteiger partial charge in [0.1, 0.15) is 0 Å². The molecule has 118 valence electrons. The van der Waals surface area contributed by atoms with Crippen molar-refractivity contribution in [1.82, 2.24) is 10.2 Å². The van der Waals surface area contributed by atoms with Crippen LogP contribution in [0.15, 0.2) is 0 Å². The van der Waals surface area contributed by atoms with Crippen molar-refractivity contribution < 1.29 is 4.74 Å². The molecular weight excluding hydrogens is 268 g/mol. The monoisotopic (exact) mass is 300 g/mol. The van der Waals surface area contributed by atoms with E-state index in [-0.39, 0.29) is 0 Å². The molecule has 0 aromatic carbocycles. The third-order valence-electron chi connectivity index (χ3n) is 4.34. The van der Waals surface area contributed by atoms with Gasteiger partial charge in [0.05, 0.1) is 6.61 Å². The van der Waals surface area contributed by atoms with E-state index in [4.69, 9.17) is 4.74 Å². The number of hydrogen-bond acceptors (Lipinski definition) is 4. The highest BCUT2D eigenvalue weighted by Crippen LogP contribution is 2.32. The maximum atomic E-state index is 5.84. The number of nitrogens with zero attached hydrogens (tertiary/aromatic N) is 1. The molecule has 2 saturated heterocycles. The van der Waals surface area contributed by atoms with Crippen LogP contribution in [0.1, 0.15) is 40.5 Å². The molecule has 0 bridgehead atoms. The highest BCUT2D eigenvalue weighted by molar-refractivity contribution is 8.00. The van der Waals surface area contributed by atoms with Crippen molar-refractivity contribution in [3.05, 3.63) is 0 Å². The smallest absolute Gasteiger partial charge is 0.0546 e. The maximum absolute atomic E-state index is 5.84. The highest BCUT2D eigenvalue weighted by Gasteiger charge is 2.36. The van der Waals surface area contributed by atoms with Crippen LogP contribution in [0.4, 0.5) is 0 Å². The highest BCUT2D eigenvalue weighted by atomic mass is 32.2. The zero-order chi connectivity index (χ0) is 14.6. The molecule has 2 aliphatic rings. The predicted octanol–water partition coefficient (Wildman–Crippen LogP) is 2.61. The molecule has 0 aromatic heterocycles. The van der Waals surface area contributed by atoms with E-state index in [1.165, 1.54) is 32.5 Å². The maximum Gasteiger partial charge on any atom is 0.0546 e. The lowest BCUT2D eigenvalue weighted by molar-refractivity contribution is -0.0272. The Labute approximate surface area is 129 Å². The van der Waals surface area contributed by atoms with Gasteiger partial charge in [-0.05, 0) is 12.8 Å². The minimum atomic E-state index is 0.323. The summed E-state index contributed by atoms with van der Waals surface area (Å²) in [4.78, 5) is 2.68. The molecule has 2 heterocycles. The second-order valence-electron chi connectivity index (χ2n) is 7.14. The summed E-state index contributed by atoms with van der Waals surface area (Å²) in [5.41, 5.74) is 0.323. The van der Waals surface area contributed by atoms with E-state index in [0.29, 0.717) is 11.5 Å². The van der Waals surface area contributed by atoms with E-state index in [0.717, 1.165) is 30.3 Å². The molecule has 0 amide bonds. The van der Waals surface area contributed by atoms with Crippen LogP contribution in [0, 0.1) is 5.41 Å². The molecule has 3 nitrogen and oxygen atoms in total. The first kappa shape index (κ1) is 16.6. The Morgan fingerprint density at radius 2 is 2.00 bits per heavy atom. The van der Waals surface area contributed by atoms with Crippen molar-refractivity contribution in [3.63, 3.8) is 0 Å². The summed E-state index contributed by atoms with van der Waals surface area (Å²) in [6, 6.07) is 0.559. The number of nitrogens with one attached hydrogen (secondary N) is 1. The number of thioether (sulfide) groups is 1. The Kier molecular flexibility index (Phi) is 6.21. The van der Waals surface area contributed by atoms with Gasteiger partial charge in [-0.2, -0.15) is 11.8 Å². The van der Waals surface area contributed by atoms with E-state index in [1.54, 1.807) is 0 Å². The van der Waals surface area contributed by atoms with Crippen molar-refractivity contribution in [1.29, 1.82) is 0 Å². The van der Waals surface area contributed by atoms with Crippen LogP contribution in [-0.2, 0) is 4.74 Å². The van der Waals surface area contributed by atoms with Gasteiger partial charge in [0.2, 0.25) is 0 Å². The van der Waals surface area contributed by atoms with Gasteiger partial charge < -0.3 is 15.0 Å². The summed E-state index contributed by atoms with van der Waals surface area (Å²) in [6.45, 7) is 15.8. The second kappa shape index (κ2) is 7.48. The molecule has 0 aromatic rings. The molecule has 2 rings (SSSR count). The third kappa shape index (κ3) is 4.90. The van der Waals surface area contributed by atoms with Crippen molar-refractivity contribution in [2.45, 2.75) is 57.1 Å². The van der Waals surface area contributed by atoms with Crippen LogP contribution in [0.3, 0.4) is 0 Å².